The number of likely N-dealkylation sites (tertiary alicyclic amines) is 1. The Morgan fingerprint density at radius 2 is 2.05 bits per heavy atom. The SMILES string of the molecule is CC(C)(C)OC(=O)N1CCC2(C1)OC(=O)c1ccccc12. The highest BCUT2D eigenvalue weighted by molar-refractivity contribution is 5.95. The maximum atomic E-state index is 12.2. The summed E-state index contributed by atoms with van der Waals surface area (Å²) < 4.78 is 11.0. The number of hydrogen-bond acceptors (Lipinski definition) is 4. The first-order valence-electron chi connectivity index (χ1n) is 7.12. The van der Waals surface area contributed by atoms with Crippen LogP contribution < -0.4 is 0 Å². The first kappa shape index (κ1) is 13.9. The summed E-state index contributed by atoms with van der Waals surface area (Å²) in [5.41, 5.74) is 0.242. The first-order chi connectivity index (χ1) is 9.81. The molecule has 3 rings (SSSR count). The van der Waals surface area contributed by atoms with Crippen LogP contribution in [-0.2, 0) is 15.1 Å². The third-order valence-electron chi connectivity index (χ3n) is 3.81. The van der Waals surface area contributed by atoms with Gasteiger partial charge in [0.1, 0.15) is 5.60 Å². The molecule has 0 aliphatic carbocycles. The second kappa shape index (κ2) is 4.48. The number of benzene rings is 1. The Hall–Kier alpha value is -2.04. The molecule has 112 valence electrons. The van der Waals surface area contributed by atoms with Crippen molar-refractivity contribution in [3.05, 3.63) is 35.4 Å². The lowest BCUT2D eigenvalue weighted by Gasteiger charge is -2.26. The maximum Gasteiger partial charge on any atom is 0.410 e. The molecule has 1 fully saturated rings. The van der Waals surface area contributed by atoms with Crippen molar-refractivity contribution in [2.24, 2.45) is 0 Å². The van der Waals surface area contributed by atoms with Crippen LogP contribution in [0.25, 0.3) is 0 Å². The molecule has 0 N–H and O–H groups in total. The fourth-order valence-corrected chi connectivity index (χ4v) is 2.91. The fraction of sp³-hybridized carbons (Fsp3) is 0.500. The van der Waals surface area contributed by atoms with Crippen LogP contribution in [0.1, 0.15) is 43.1 Å². The smallest absolute Gasteiger partial charge is 0.410 e. The molecule has 1 aromatic carbocycles. The van der Waals surface area contributed by atoms with E-state index in [1.54, 1.807) is 11.0 Å². The molecule has 0 radical (unpaired) electrons. The molecule has 5 nitrogen and oxygen atoms in total. The van der Waals surface area contributed by atoms with Crippen LogP contribution in [0.4, 0.5) is 4.79 Å². The number of amides is 1. The van der Waals surface area contributed by atoms with E-state index in [1.165, 1.54) is 0 Å². The predicted molar refractivity (Wildman–Crippen MR) is 76.0 cm³/mol. The third kappa shape index (κ3) is 2.37. The molecule has 0 bridgehead atoms. The number of hydrogen-bond donors (Lipinski definition) is 0. The van der Waals surface area contributed by atoms with E-state index in [4.69, 9.17) is 9.47 Å². The molecule has 1 unspecified atom stereocenters. The van der Waals surface area contributed by atoms with E-state index in [9.17, 15) is 9.59 Å². The quantitative estimate of drug-likeness (QED) is 0.689. The van der Waals surface area contributed by atoms with Gasteiger partial charge in [0.15, 0.2) is 5.60 Å². The summed E-state index contributed by atoms with van der Waals surface area (Å²) in [4.78, 5) is 25.7. The minimum Gasteiger partial charge on any atom is -0.449 e. The Morgan fingerprint density at radius 3 is 2.76 bits per heavy atom. The molecule has 1 atom stereocenters. The maximum absolute atomic E-state index is 12.2. The second-order valence-corrected chi connectivity index (χ2v) is 6.58. The van der Waals surface area contributed by atoms with Gasteiger partial charge in [-0.3, -0.25) is 0 Å². The zero-order chi connectivity index (χ0) is 15.3. The molecule has 1 saturated heterocycles. The van der Waals surface area contributed by atoms with Crippen molar-refractivity contribution in [2.45, 2.75) is 38.4 Å². The van der Waals surface area contributed by atoms with Crippen LogP contribution in [0.3, 0.4) is 0 Å². The van der Waals surface area contributed by atoms with Crippen LogP contribution in [-0.4, -0.2) is 35.7 Å². The van der Waals surface area contributed by atoms with Gasteiger partial charge >= 0.3 is 12.1 Å². The van der Waals surface area contributed by atoms with Crippen LogP contribution >= 0.6 is 0 Å². The molecule has 0 aromatic heterocycles. The van der Waals surface area contributed by atoms with E-state index in [0.29, 0.717) is 25.1 Å². The van der Waals surface area contributed by atoms with Gasteiger partial charge in [-0.1, -0.05) is 18.2 Å². The van der Waals surface area contributed by atoms with E-state index < -0.39 is 11.2 Å². The van der Waals surface area contributed by atoms with E-state index in [2.05, 4.69) is 0 Å². The second-order valence-electron chi connectivity index (χ2n) is 6.58. The average molecular weight is 289 g/mol. The average Bonchev–Trinajstić information content (AvgIpc) is 2.93. The van der Waals surface area contributed by atoms with Crippen LogP contribution in [0.5, 0.6) is 0 Å². The Kier molecular flexibility index (Phi) is 2.97. The van der Waals surface area contributed by atoms with Crippen molar-refractivity contribution < 1.29 is 19.1 Å². The summed E-state index contributed by atoms with van der Waals surface area (Å²) in [7, 11) is 0. The molecule has 2 heterocycles. The Bertz CT molecular complexity index is 605. The van der Waals surface area contributed by atoms with Crippen molar-refractivity contribution in [1.29, 1.82) is 0 Å². The molecule has 5 heteroatoms. The number of fused-ring (bicyclic) bond motifs is 2. The van der Waals surface area contributed by atoms with Gasteiger partial charge in [0.05, 0.1) is 12.1 Å². The molecule has 21 heavy (non-hydrogen) atoms. The van der Waals surface area contributed by atoms with Crippen molar-refractivity contribution in [1.82, 2.24) is 4.90 Å². The molecular weight excluding hydrogens is 270 g/mol. The summed E-state index contributed by atoms with van der Waals surface area (Å²) in [5.74, 6) is -0.309. The van der Waals surface area contributed by atoms with E-state index in [0.717, 1.165) is 5.56 Å². The van der Waals surface area contributed by atoms with E-state index in [-0.39, 0.29) is 12.1 Å². The number of carbonyl (C=O) groups is 2. The van der Waals surface area contributed by atoms with Crippen molar-refractivity contribution >= 4 is 12.1 Å². The predicted octanol–water partition coefficient (Wildman–Crippen LogP) is 2.69. The van der Waals surface area contributed by atoms with Gasteiger partial charge in [-0.2, -0.15) is 0 Å². The Labute approximate surface area is 123 Å². The Balaban J connectivity index is 1.82. The van der Waals surface area contributed by atoms with Gasteiger partial charge in [0, 0.05) is 18.5 Å². The highest BCUT2D eigenvalue weighted by Gasteiger charge is 2.51. The van der Waals surface area contributed by atoms with Gasteiger partial charge in [0.25, 0.3) is 0 Å². The van der Waals surface area contributed by atoms with Crippen LogP contribution in [0, 0.1) is 0 Å². The van der Waals surface area contributed by atoms with Gasteiger partial charge < -0.3 is 14.4 Å². The molecule has 1 amide bonds. The number of nitrogens with zero attached hydrogens (tertiary/aromatic N) is 1. The topological polar surface area (TPSA) is 55.8 Å². The standard InChI is InChI=1S/C16H19NO4/c1-15(2,3)21-14(19)17-9-8-16(10-17)12-7-5-4-6-11(12)13(18)20-16/h4-7H,8-10H2,1-3H3. The zero-order valence-corrected chi connectivity index (χ0v) is 12.5. The lowest BCUT2D eigenvalue weighted by Crippen LogP contribution is -2.38. The summed E-state index contributed by atoms with van der Waals surface area (Å²) in [6.07, 6.45) is 0.245. The lowest BCUT2D eigenvalue weighted by atomic mass is 9.92. The van der Waals surface area contributed by atoms with Crippen molar-refractivity contribution in [2.75, 3.05) is 13.1 Å². The van der Waals surface area contributed by atoms with Gasteiger partial charge in [-0.15, -0.1) is 0 Å². The normalized spacial score (nSPS) is 24.1. The van der Waals surface area contributed by atoms with Crippen molar-refractivity contribution in [3.63, 3.8) is 0 Å². The number of esters is 1. The molecule has 1 aromatic rings. The van der Waals surface area contributed by atoms with Crippen LogP contribution in [0.15, 0.2) is 24.3 Å². The fourth-order valence-electron chi connectivity index (χ4n) is 2.91. The number of ether oxygens (including phenoxy) is 2. The van der Waals surface area contributed by atoms with Crippen molar-refractivity contribution in [3.8, 4) is 0 Å². The monoisotopic (exact) mass is 289 g/mol. The van der Waals surface area contributed by atoms with Gasteiger partial charge in [-0.05, 0) is 26.8 Å². The summed E-state index contributed by atoms with van der Waals surface area (Å²) in [6.45, 7) is 6.38. The lowest BCUT2D eigenvalue weighted by molar-refractivity contribution is -0.00875. The highest BCUT2D eigenvalue weighted by Crippen LogP contribution is 2.43. The minimum absolute atomic E-state index is 0.309. The van der Waals surface area contributed by atoms with Crippen LogP contribution in [0.2, 0.25) is 0 Å². The molecule has 0 saturated carbocycles. The van der Waals surface area contributed by atoms with Gasteiger partial charge in [-0.25, -0.2) is 9.59 Å². The minimum atomic E-state index is -0.704. The molecule has 2 aliphatic heterocycles. The number of rotatable bonds is 0. The molecule has 2 aliphatic rings. The third-order valence-corrected chi connectivity index (χ3v) is 3.81. The Morgan fingerprint density at radius 1 is 1.33 bits per heavy atom. The van der Waals surface area contributed by atoms with E-state index in [1.807, 2.05) is 39.0 Å². The largest absolute Gasteiger partial charge is 0.449 e. The number of carbonyl (C=O) groups excluding carboxylic acids is 2. The zero-order valence-electron chi connectivity index (χ0n) is 12.5. The summed E-state index contributed by atoms with van der Waals surface area (Å²) in [6, 6.07) is 7.37. The highest BCUT2D eigenvalue weighted by atomic mass is 16.6. The first-order valence-corrected chi connectivity index (χ1v) is 7.12. The van der Waals surface area contributed by atoms with E-state index >= 15 is 0 Å². The van der Waals surface area contributed by atoms with Gasteiger partial charge in [0.2, 0.25) is 0 Å². The molecule has 1 spiro atoms. The summed E-state index contributed by atoms with van der Waals surface area (Å²) in [5, 5.41) is 0. The molecular formula is C16H19NO4. The summed E-state index contributed by atoms with van der Waals surface area (Å²) >= 11 is 0.